The number of benzene rings is 4. The van der Waals surface area contributed by atoms with Crippen LogP contribution in [0.1, 0.15) is 25.0 Å². The van der Waals surface area contributed by atoms with E-state index in [9.17, 15) is 0 Å². The van der Waals surface area contributed by atoms with Gasteiger partial charge in [-0.1, -0.05) is 59.9 Å². The van der Waals surface area contributed by atoms with Crippen LogP contribution in [-0.2, 0) is 0 Å². The Hall–Kier alpha value is -3.52. The van der Waals surface area contributed by atoms with Crippen LogP contribution in [0.25, 0.3) is 0 Å². The minimum atomic E-state index is 0. The van der Waals surface area contributed by atoms with Gasteiger partial charge in [-0.2, -0.15) is 10.2 Å². The Kier molecular flexibility index (Phi) is 6.38. The molecule has 0 spiro atoms. The summed E-state index contributed by atoms with van der Waals surface area (Å²) in [5.74, 6) is 0. The third-order valence-corrected chi connectivity index (χ3v) is 8.20. The third kappa shape index (κ3) is 4.58. The first kappa shape index (κ1) is 23.2. The molecule has 4 aromatic rings. The third-order valence-electron chi connectivity index (χ3n) is 5.90. The summed E-state index contributed by atoms with van der Waals surface area (Å²) in [6, 6.07) is 29.6. The molecule has 0 amide bonds. The molecule has 0 atom stereocenters. The van der Waals surface area contributed by atoms with Crippen LogP contribution in [0.5, 0.6) is 0 Å². The van der Waals surface area contributed by atoms with E-state index >= 15 is 0 Å². The fourth-order valence-corrected chi connectivity index (χ4v) is 5.93. The molecule has 0 radical (unpaired) electrons. The van der Waals surface area contributed by atoms with Crippen molar-refractivity contribution in [3.8, 4) is 0 Å². The molecule has 35 heavy (non-hydrogen) atoms. The first-order chi connectivity index (χ1) is 16.6. The highest BCUT2D eigenvalue weighted by molar-refractivity contribution is 8.00. The van der Waals surface area contributed by atoms with Gasteiger partial charge in [0.15, 0.2) is 0 Å². The van der Waals surface area contributed by atoms with Crippen molar-refractivity contribution in [3.63, 3.8) is 0 Å². The van der Waals surface area contributed by atoms with Crippen molar-refractivity contribution in [2.24, 2.45) is 10.2 Å². The van der Waals surface area contributed by atoms with Gasteiger partial charge in [-0.3, -0.25) is 0 Å². The van der Waals surface area contributed by atoms with Gasteiger partial charge in [0.1, 0.15) is 0 Å². The van der Waals surface area contributed by atoms with Crippen LogP contribution < -0.4 is 10.6 Å². The average molecular weight is 497 g/mol. The van der Waals surface area contributed by atoms with Gasteiger partial charge in [-0.15, -0.1) is 0 Å². The molecule has 0 bridgehead atoms. The zero-order valence-electron chi connectivity index (χ0n) is 19.3. The van der Waals surface area contributed by atoms with Gasteiger partial charge in [0.05, 0.1) is 34.2 Å². The van der Waals surface area contributed by atoms with Crippen LogP contribution in [-0.4, -0.2) is 16.9 Å². The minimum Gasteiger partial charge on any atom is -0.412 e. The van der Waals surface area contributed by atoms with Gasteiger partial charge < -0.3 is 16.1 Å². The van der Waals surface area contributed by atoms with E-state index in [0.29, 0.717) is 0 Å². The maximum Gasteiger partial charge on any atom is 0.0672 e. The highest BCUT2D eigenvalue weighted by Crippen LogP contribution is 2.45. The molecule has 0 fully saturated rings. The smallest absolute Gasteiger partial charge is 0.0672 e. The summed E-state index contributed by atoms with van der Waals surface area (Å²) in [6.07, 6.45) is 0. The molecule has 0 aromatic heterocycles. The normalized spacial score (nSPS) is 13.8. The van der Waals surface area contributed by atoms with E-state index in [1.54, 1.807) is 23.5 Å². The second-order valence-electron chi connectivity index (χ2n) is 8.24. The molecule has 2 aliphatic heterocycles. The lowest BCUT2D eigenvalue weighted by atomic mass is 10.1. The molecule has 2 heterocycles. The van der Waals surface area contributed by atoms with Gasteiger partial charge in [-0.05, 0) is 73.5 Å². The Morgan fingerprint density at radius 3 is 1.40 bits per heavy atom. The maximum absolute atomic E-state index is 4.56. The summed E-state index contributed by atoms with van der Waals surface area (Å²) >= 11 is 3.58. The lowest BCUT2D eigenvalue weighted by molar-refractivity contribution is 0.824. The van der Waals surface area contributed by atoms with E-state index in [1.807, 2.05) is 13.8 Å². The molecule has 0 aliphatic carbocycles. The molecule has 0 saturated carbocycles. The standard InChI is InChI=1S/C28H22N4S2.H2O/c1-17(19-11-13-27-23(15-19)29-21-7-3-5-9-25(21)33-27)31-32-18(2)20-12-14-28-24(16-20)30-22-8-4-6-10-26(22)34-28;/h3-16,29-30H,1-2H3;1H2/b31-17+,32-18+;. The highest BCUT2D eigenvalue weighted by atomic mass is 32.2. The Morgan fingerprint density at radius 2 is 0.943 bits per heavy atom. The number of fused-ring (bicyclic) bond motifs is 4. The van der Waals surface area contributed by atoms with E-state index in [-0.39, 0.29) is 5.48 Å². The number of hydrogen-bond donors (Lipinski definition) is 2. The van der Waals surface area contributed by atoms with Crippen molar-refractivity contribution in [1.82, 2.24) is 0 Å². The summed E-state index contributed by atoms with van der Waals surface area (Å²) in [5, 5.41) is 16.2. The monoisotopic (exact) mass is 496 g/mol. The molecule has 174 valence electrons. The van der Waals surface area contributed by atoms with Gasteiger partial charge in [0.2, 0.25) is 0 Å². The summed E-state index contributed by atoms with van der Waals surface area (Å²) < 4.78 is 0. The van der Waals surface area contributed by atoms with E-state index in [2.05, 4.69) is 106 Å². The SMILES string of the molecule is C/C(=N\N=C(/C)c1ccc2c(c1)Nc1ccccc1S2)c1ccc2c(c1)Nc1ccccc1S2.O. The molecule has 4 aromatic carbocycles. The van der Waals surface area contributed by atoms with Gasteiger partial charge in [0.25, 0.3) is 0 Å². The van der Waals surface area contributed by atoms with Crippen molar-refractivity contribution in [2.45, 2.75) is 33.4 Å². The lowest BCUT2D eigenvalue weighted by Gasteiger charge is -2.21. The molecular formula is C28H24N4OS2. The summed E-state index contributed by atoms with van der Waals surface area (Å²) in [7, 11) is 0. The van der Waals surface area contributed by atoms with Crippen molar-refractivity contribution >= 4 is 57.7 Å². The second-order valence-corrected chi connectivity index (χ2v) is 10.4. The molecule has 0 saturated heterocycles. The van der Waals surface area contributed by atoms with E-state index in [4.69, 9.17) is 0 Å². The second kappa shape index (κ2) is 9.62. The number of nitrogens with one attached hydrogen (secondary N) is 2. The fourth-order valence-electron chi connectivity index (χ4n) is 3.99. The fraction of sp³-hybridized carbons (Fsp3) is 0.0714. The quantitative estimate of drug-likeness (QED) is 0.196. The lowest BCUT2D eigenvalue weighted by Crippen LogP contribution is -2.03. The van der Waals surface area contributed by atoms with E-state index in [0.717, 1.165) is 45.3 Å². The number of anilines is 4. The largest absolute Gasteiger partial charge is 0.412 e. The van der Waals surface area contributed by atoms with Crippen LogP contribution in [0.2, 0.25) is 0 Å². The predicted octanol–water partition coefficient (Wildman–Crippen LogP) is 7.51. The van der Waals surface area contributed by atoms with Gasteiger partial charge >= 0.3 is 0 Å². The first-order valence-electron chi connectivity index (χ1n) is 11.1. The molecule has 5 nitrogen and oxygen atoms in total. The van der Waals surface area contributed by atoms with Crippen LogP contribution in [0, 0.1) is 0 Å². The molecular weight excluding hydrogens is 472 g/mol. The Bertz CT molecular complexity index is 1380. The van der Waals surface area contributed by atoms with Crippen LogP contribution in [0.15, 0.2) is 115 Å². The molecule has 2 aliphatic rings. The molecule has 7 heteroatoms. The van der Waals surface area contributed by atoms with Crippen LogP contribution in [0.3, 0.4) is 0 Å². The molecule has 4 N–H and O–H groups in total. The van der Waals surface area contributed by atoms with E-state index < -0.39 is 0 Å². The number of hydrogen-bond acceptors (Lipinski definition) is 6. The summed E-state index contributed by atoms with van der Waals surface area (Å²) in [5.41, 5.74) is 8.38. The van der Waals surface area contributed by atoms with Gasteiger partial charge in [0, 0.05) is 19.6 Å². The number of rotatable bonds is 3. The average Bonchev–Trinajstić information content (AvgIpc) is 2.88. The Balaban J connectivity index is 0.00000253. The van der Waals surface area contributed by atoms with Crippen LogP contribution in [0.4, 0.5) is 22.7 Å². The predicted molar refractivity (Wildman–Crippen MR) is 149 cm³/mol. The van der Waals surface area contributed by atoms with Crippen molar-refractivity contribution in [1.29, 1.82) is 0 Å². The minimum absolute atomic E-state index is 0. The first-order valence-corrected chi connectivity index (χ1v) is 12.7. The summed E-state index contributed by atoms with van der Waals surface area (Å²) in [6.45, 7) is 4.01. The van der Waals surface area contributed by atoms with Crippen molar-refractivity contribution < 1.29 is 5.48 Å². The number of para-hydroxylation sites is 2. The Morgan fingerprint density at radius 1 is 0.543 bits per heavy atom. The topological polar surface area (TPSA) is 80.3 Å². The zero-order chi connectivity index (χ0) is 23.1. The number of nitrogens with zero attached hydrogens (tertiary/aromatic N) is 2. The highest BCUT2D eigenvalue weighted by Gasteiger charge is 2.17. The zero-order valence-corrected chi connectivity index (χ0v) is 20.9. The van der Waals surface area contributed by atoms with Gasteiger partial charge in [-0.25, -0.2) is 0 Å². The van der Waals surface area contributed by atoms with Crippen molar-refractivity contribution in [2.75, 3.05) is 10.6 Å². The molecule has 0 unspecified atom stereocenters. The van der Waals surface area contributed by atoms with E-state index in [1.165, 1.54) is 19.6 Å². The van der Waals surface area contributed by atoms with Crippen molar-refractivity contribution in [3.05, 3.63) is 96.1 Å². The maximum atomic E-state index is 4.56. The van der Waals surface area contributed by atoms with Crippen LogP contribution >= 0.6 is 23.5 Å². The Labute approximate surface area is 213 Å². The summed E-state index contributed by atoms with van der Waals surface area (Å²) in [4.78, 5) is 4.93. The molecule has 6 rings (SSSR count).